The first-order valence-corrected chi connectivity index (χ1v) is 12.6. The number of benzene rings is 3. The van der Waals surface area contributed by atoms with Gasteiger partial charge >= 0.3 is 0 Å². The molecule has 5 aromatic rings. The minimum Gasteiger partial charge on any atom is -0.366 e. The molecule has 7 nitrogen and oxygen atoms in total. The maximum Gasteiger partial charge on any atom is 0.254 e. The highest BCUT2D eigenvalue weighted by atomic mass is 19.1. The van der Waals surface area contributed by atoms with Crippen molar-refractivity contribution in [3.63, 3.8) is 0 Å². The number of nitrogens with zero attached hydrogens (tertiary/aromatic N) is 3. The number of primary amides is 1. The summed E-state index contributed by atoms with van der Waals surface area (Å²) in [5.74, 6) is -0.137. The quantitative estimate of drug-likeness (QED) is 0.340. The molecule has 2 aromatic heterocycles. The number of likely N-dealkylation sites (tertiary alicyclic amines) is 1. The van der Waals surface area contributed by atoms with E-state index in [9.17, 15) is 14.0 Å². The third-order valence-corrected chi connectivity index (χ3v) is 7.39. The Hall–Kier alpha value is -4.46. The zero-order valence-corrected chi connectivity index (χ0v) is 21.2. The average molecular weight is 511 g/mol. The van der Waals surface area contributed by atoms with Crippen molar-refractivity contribution in [2.75, 3.05) is 13.1 Å². The summed E-state index contributed by atoms with van der Waals surface area (Å²) in [6, 6.07) is 19.5. The number of carbonyl (C=O) groups excluding carboxylic acids is 2. The van der Waals surface area contributed by atoms with Crippen molar-refractivity contribution >= 4 is 33.6 Å². The van der Waals surface area contributed by atoms with Gasteiger partial charge in [0.05, 0.1) is 24.3 Å². The van der Waals surface area contributed by atoms with Crippen molar-refractivity contribution < 1.29 is 18.5 Å². The van der Waals surface area contributed by atoms with Gasteiger partial charge in [-0.25, -0.2) is 4.39 Å². The molecule has 38 heavy (non-hydrogen) atoms. The molecule has 1 aliphatic rings. The van der Waals surface area contributed by atoms with Gasteiger partial charge in [0, 0.05) is 39.5 Å². The van der Waals surface area contributed by atoms with Crippen molar-refractivity contribution in [2.45, 2.75) is 33.0 Å². The van der Waals surface area contributed by atoms with Crippen LogP contribution in [0.15, 0.2) is 65.2 Å². The molecule has 1 saturated heterocycles. The van der Waals surface area contributed by atoms with Crippen LogP contribution in [-0.4, -0.2) is 45.7 Å². The average Bonchev–Trinajstić information content (AvgIpc) is 3.40. The van der Waals surface area contributed by atoms with Gasteiger partial charge in [-0.15, -0.1) is 0 Å². The predicted octanol–water partition coefficient (Wildman–Crippen LogP) is 5.20. The number of rotatable bonds is 6. The SMILES string of the molecule is Cc1noc(C)c1-c1cc(C(N)=O)c2c3cc(C(=O)N4CC(F)C4)ccc3n(CCc3ccccc3)c2c1. The maximum absolute atomic E-state index is 13.4. The Labute approximate surface area is 218 Å². The van der Waals surface area contributed by atoms with Crippen molar-refractivity contribution in [2.24, 2.45) is 5.73 Å². The molecule has 1 fully saturated rings. The lowest BCUT2D eigenvalue weighted by atomic mass is 9.97. The minimum absolute atomic E-state index is 0.100. The summed E-state index contributed by atoms with van der Waals surface area (Å²) in [7, 11) is 0. The van der Waals surface area contributed by atoms with E-state index in [2.05, 4.69) is 21.9 Å². The molecule has 3 heterocycles. The smallest absolute Gasteiger partial charge is 0.254 e. The molecule has 0 aliphatic carbocycles. The minimum atomic E-state index is -0.980. The molecule has 2 amide bonds. The van der Waals surface area contributed by atoms with E-state index in [1.54, 1.807) is 18.2 Å². The first-order valence-electron chi connectivity index (χ1n) is 12.6. The highest BCUT2D eigenvalue weighted by Gasteiger charge is 2.31. The van der Waals surface area contributed by atoms with Gasteiger partial charge < -0.3 is 19.7 Å². The molecule has 0 atom stereocenters. The van der Waals surface area contributed by atoms with Crippen LogP contribution in [0.3, 0.4) is 0 Å². The highest BCUT2D eigenvalue weighted by Crippen LogP contribution is 2.38. The van der Waals surface area contributed by atoms with Gasteiger partial charge in [0.2, 0.25) is 5.91 Å². The summed E-state index contributed by atoms with van der Waals surface area (Å²) in [5.41, 5.74) is 12.0. The van der Waals surface area contributed by atoms with E-state index in [1.165, 1.54) is 10.5 Å². The van der Waals surface area contributed by atoms with Crippen LogP contribution in [0.4, 0.5) is 4.39 Å². The summed E-state index contributed by atoms with van der Waals surface area (Å²) >= 11 is 0. The lowest BCUT2D eigenvalue weighted by Crippen LogP contribution is -2.51. The molecule has 6 rings (SSSR count). The van der Waals surface area contributed by atoms with E-state index in [0.717, 1.165) is 39.7 Å². The Morgan fingerprint density at radius 2 is 1.82 bits per heavy atom. The van der Waals surface area contributed by atoms with Crippen LogP contribution < -0.4 is 5.73 Å². The summed E-state index contributed by atoms with van der Waals surface area (Å²) in [4.78, 5) is 27.3. The Balaban J connectivity index is 1.58. The van der Waals surface area contributed by atoms with E-state index in [4.69, 9.17) is 10.3 Å². The van der Waals surface area contributed by atoms with Gasteiger partial charge in [0.15, 0.2) is 0 Å². The number of carbonyl (C=O) groups is 2. The van der Waals surface area contributed by atoms with Crippen molar-refractivity contribution in [1.29, 1.82) is 0 Å². The monoisotopic (exact) mass is 510 g/mol. The third kappa shape index (κ3) is 3.93. The molecule has 0 bridgehead atoms. The number of nitrogens with two attached hydrogens (primary N) is 1. The lowest BCUT2D eigenvalue weighted by molar-refractivity contribution is 0.0400. The third-order valence-electron chi connectivity index (χ3n) is 7.39. The largest absolute Gasteiger partial charge is 0.366 e. The zero-order chi connectivity index (χ0) is 26.6. The molecule has 8 heteroatoms. The number of hydrogen-bond acceptors (Lipinski definition) is 4. The van der Waals surface area contributed by atoms with E-state index >= 15 is 0 Å². The van der Waals surface area contributed by atoms with E-state index in [0.29, 0.717) is 28.8 Å². The second-order valence-corrected chi connectivity index (χ2v) is 9.91. The summed E-state index contributed by atoms with van der Waals surface area (Å²) in [6.07, 6.45) is -0.208. The van der Waals surface area contributed by atoms with Crippen LogP contribution in [0.2, 0.25) is 0 Å². The summed E-state index contributed by atoms with van der Waals surface area (Å²) < 4.78 is 21.0. The Bertz CT molecular complexity index is 1700. The van der Waals surface area contributed by atoms with Crippen LogP contribution >= 0.6 is 0 Å². The zero-order valence-electron chi connectivity index (χ0n) is 21.2. The van der Waals surface area contributed by atoms with Gasteiger partial charge in [0.25, 0.3) is 5.91 Å². The number of aromatic nitrogens is 2. The first kappa shape index (κ1) is 23.9. The van der Waals surface area contributed by atoms with Crippen LogP contribution in [0.5, 0.6) is 0 Å². The molecule has 2 N–H and O–H groups in total. The summed E-state index contributed by atoms with van der Waals surface area (Å²) in [6.45, 7) is 4.55. The molecule has 3 aromatic carbocycles. The first-order chi connectivity index (χ1) is 18.3. The molecule has 0 radical (unpaired) electrons. The van der Waals surface area contributed by atoms with Crippen LogP contribution in [0, 0.1) is 13.8 Å². The van der Waals surface area contributed by atoms with Gasteiger partial charge in [-0.05, 0) is 61.7 Å². The second kappa shape index (κ2) is 9.13. The molecular weight excluding hydrogens is 483 g/mol. The number of aryl methyl sites for hydroxylation is 4. The molecule has 192 valence electrons. The van der Waals surface area contributed by atoms with Crippen molar-refractivity contribution in [3.05, 3.63) is 88.8 Å². The number of hydrogen-bond donors (Lipinski definition) is 1. The van der Waals surface area contributed by atoms with Crippen molar-refractivity contribution in [3.8, 4) is 11.1 Å². The van der Waals surface area contributed by atoms with Crippen LogP contribution in [0.1, 0.15) is 37.7 Å². The number of amides is 2. The number of halogens is 1. The molecule has 0 saturated carbocycles. The molecule has 0 unspecified atom stereocenters. The van der Waals surface area contributed by atoms with Gasteiger partial charge in [0.1, 0.15) is 11.9 Å². The summed E-state index contributed by atoms with van der Waals surface area (Å²) in [5, 5.41) is 5.54. The normalized spacial score (nSPS) is 13.8. The van der Waals surface area contributed by atoms with Crippen LogP contribution in [0.25, 0.3) is 32.9 Å². The van der Waals surface area contributed by atoms with Crippen molar-refractivity contribution in [1.82, 2.24) is 14.6 Å². The molecule has 0 spiro atoms. The molecule has 1 aliphatic heterocycles. The van der Waals surface area contributed by atoms with E-state index < -0.39 is 12.1 Å². The fourth-order valence-electron chi connectivity index (χ4n) is 5.49. The lowest BCUT2D eigenvalue weighted by Gasteiger charge is -2.34. The van der Waals surface area contributed by atoms with Gasteiger partial charge in [-0.1, -0.05) is 35.5 Å². The number of fused-ring (bicyclic) bond motifs is 3. The maximum atomic E-state index is 13.4. The van der Waals surface area contributed by atoms with Gasteiger partial charge in [-0.3, -0.25) is 9.59 Å². The standard InChI is InChI=1S/C30H27FN4O3/c1-17-27(18(2)38-33-17)21-13-24(29(32)36)28-23-12-20(30(37)34-15-22(31)16-34)8-9-25(23)35(26(28)14-21)11-10-19-6-4-3-5-7-19/h3-9,12-14,22H,10-11,15-16H2,1-2H3,(H2,32,36). The Morgan fingerprint density at radius 1 is 1.05 bits per heavy atom. The topological polar surface area (TPSA) is 94.4 Å². The Kier molecular flexibility index (Phi) is 5.75. The second-order valence-electron chi connectivity index (χ2n) is 9.91. The highest BCUT2D eigenvalue weighted by molar-refractivity contribution is 6.20. The molecular formula is C30H27FN4O3. The van der Waals surface area contributed by atoms with Gasteiger partial charge in [-0.2, -0.15) is 0 Å². The fourth-order valence-corrected chi connectivity index (χ4v) is 5.49. The van der Waals surface area contributed by atoms with E-state index in [-0.39, 0.29) is 19.0 Å². The number of alkyl halides is 1. The van der Waals surface area contributed by atoms with Crippen LogP contribution in [-0.2, 0) is 13.0 Å². The Morgan fingerprint density at radius 3 is 2.47 bits per heavy atom. The predicted molar refractivity (Wildman–Crippen MR) is 144 cm³/mol. The fraction of sp³-hybridized carbons (Fsp3) is 0.233. The van der Waals surface area contributed by atoms with E-state index in [1.807, 2.05) is 44.2 Å².